The summed E-state index contributed by atoms with van der Waals surface area (Å²) in [5.74, 6) is -1.63. The second-order valence-electron chi connectivity index (χ2n) is 5.73. The molecule has 1 aromatic carbocycles. The highest BCUT2D eigenvalue weighted by atomic mass is 35.5. The van der Waals surface area contributed by atoms with Gasteiger partial charge in [-0.15, -0.1) is 16.2 Å². The number of nitrogens with one attached hydrogen (secondary N) is 2. The quantitative estimate of drug-likeness (QED) is 0.607. The number of rotatable bonds is 4. The molecule has 0 aliphatic heterocycles. The van der Waals surface area contributed by atoms with Crippen LogP contribution in [0.4, 0.5) is 4.39 Å². The molecule has 0 unspecified atom stereocenters. The maximum atomic E-state index is 13.9. The third-order valence-electron chi connectivity index (χ3n) is 3.97. The predicted molar refractivity (Wildman–Crippen MR) is 94.8 cm³/mol. The first-order valence-electron chi connectivity index (χ1n) is 7.76. The van der Waals surface area contributed by atoms with E-state index in [2.05, 4.69) is 5.43 Å². The van der Waals surface area contributed by atoms with Crippen molar-refractivity contribution in [1.29, 1.82) is 0 Å². The van der Waals surface area contributed by atoms with Crippen molar-refractivity contribution in [3.63, 3.8) is 0 Å². The Morgan fingerprint density at radius 2 is 1.96 bits per heavy atom. The van der Waals surface area contributed by atoms with Crippen LogP contribution in [0.1, 0.15) is 39.4 Å². The monoisotopic (exact) mass is 402 g/mol. The van der Waals surface area contributed by atoms with Crippen LogP contribution in [0.3, 0.4) is 0 Å². The molecular formula is C16H16ClFN2O3S2. The van der Waals surface area contributed by atoms with Crippen molar-refractivity contribution in [3.05, 3.63) is 50.4 Å². The Bertz CT molecular complexity index is 889. The second-order valence-corrected chi connectivity index (χ2v) is 8.93. The van der Waals surface area contributed by atoms with Gasteiger partial charge in [-0.1, -0.05) is 24.1 Å². The van der Waals surface area contributed by atoms with Crippen LogP contribution in [0.25, 0.3) is 0 Å². The van der Waals surface area contributed by atoms with Crippen molar-refractivity contribution >= 4 is 38.9 Å². The van der Waals surface area contributed by atoms with Crippen LogP contribution < -0.4 is 10.3 Å². The summed E-state index contributed by atoms with van der Waals surface area (Å²) in [6.45, 7) is 0. The van der Waals surface area contributed by atoms with E-state index in [9.17, 15) is 17.6 Å². The fourth-order valence-electron chi connectivity index (χ4n) is 2.70. The maximum Gasteiger partial charge on any atom is 0.276 e. The number of carbonyl (C=O) groups is 1. The summed E-state index contributed by atoms with van der Waals surface area (Å²) >= 11 is 6.96. The molecule has 0 spiro atoms. The van der Waals surface area contributed by atoms with E-state index in [0.29, 0.717) is 4.88 Å². The lowest BCUT2D eigenvalue weighted by atomic mass is 10.1. The summed E-state index contributed by atoms with van der Waals surface area (Å²) in [5.41, 5.74) is 3.28. The summed E-state index contributed by atoms with van der Waals surface area (Å²) in [4.78, 5) is 15.1. The standard InChI is InChI=1S/C16H16ClFN2O3S2/c17-11-6-4-8-14(15(11)18)25(22,23)20-19-16(21)13-9-10-5-2-1-3-7-12(10)24-13/h4,6,8-9,20H,1-3,5,7H2,(H,19,21). The van der Waals surface area contributed by atoms with E-state index < -0.39 is 26.6 Å². The number of carbonyl (C=O) groups excluding carboxylic acids is 1. The van der Waals surface area contributed by atoms with Crippen LogP contribution >= 0.6 is 22.9 Å². The van der Waals surface area contributed by atoms with Crippen LogP contribution in [-0.2, 0) is 22.9 Å². The molecule has 2 aromatic rings. The van der Waals surface area contributed by atoms with Gasteiger partial charge in [0.05, 0.1) is 9.90 Å². The van der Waals surface area contributed by atoms with E-state index >= 15 is 0 Å². The minimum Gasteiger partial charge on any atom is -0.273 e. The van der Waals surface area contributed by atoms with Gasteiger partial charge in [-0.2, -0.15) is 0 Å². The third kappa shape index (κ3) is 4.03. The minimum atomic E-state index is -4.26. The van der Waals surface area contributed by atoms with Gasteiger partial charge in [-0.25, -0.2) is 12.8 Å². The molecule has 5 nitrogen and oxygen atoms in total. The number of amides is 1. The van der Waals surface area contributed by atoms with E-state index in [1.54, 1.807) is 6.07 Å². The second kappa shape index (κ2) is 7.41. The summed E-state index contributed by atoms with van der Waals surface area (Å²) < 4.78 is 38.2. The number of benzene rings is 1. The molecule has 0 atom stereocenters. The van der Waals surface area contributed by atoms with Gasteiger partial charge < -0.3 is 0 Å². The van der Waals surface area contributed by atoms with Gasteiger partial charge in [0.2, 0.25) is 0 Å². The fraction of sp³-hybridized carbons (Fsp3) is 0.312. The van der Waals surface area contributed by atoms with E-state index in [1.165, 1.54) is 34.8 Å². The average molecular weight is 403 g/mol. The molecule has 1 aromatic heterocycles. The molecule has 0 fully saturated rings. The van der Waals surface area contributed by atoms with E-state index in [1.807, 2.05) is 4.83 Å². The molecule has 1 amide bonds. The molecule has 1 heterocycles. The SMILES string of the molecule is O=C(NNS(=O)(=O)c1cccc(Cl)c1F)c1cc2c(s1)CCCCC2. The summed E-state index contributed by atoms with van der Waals surface area (Å²) in [6.07, 6.45) is 5.22. The molecule has 0 saturated heterocycles. The lowest BCUT2D eigenvalue weighted by Crippen LogP contribution is -2.41. The van der Waals surface area contributed by atoms with Gasteiger partial charge in [0, 0.05) is 4.88 Å². The van der Waals surface area contributed by atoms with E-state index in [-0.39, 0.29) is 5.02 Å². The zero-order chi connectivity index (χ0) is 18.0. The number of fused-ring (bicyclic) bond motifs is 1. The molecule has 9 heteroatoms. The van der Waals surface area contributed by atoms with Gasteiger partial charge in [0.15, 0.2) is 5.82 Å². The highest BCUT2D eigenvalue weighted by Gasteiger charge is 2.23. The smallest absolute Gasteiger partial charge is 0.273 e. The zero-order valence-electron chi connectivity index (χ0n) is 13.1. The van der Waals surface area contributed by atoms with Gasteiger partial charge in [-0.05, 0) is 49.4 Å². The summed E-state index contributed by atoms with van der Waals surface area (Å²) in [5, 5.41) is -0.309. The van der Waals surface area contributed by atoms with Crippen LogP contribution in [-0.4, -0.2) is 14.3 Å². The van der Waals surface area contributed by atoms with Crippen molar-refractivity contribution in [1.82, 2.24) is 10.3 Å². The van der Waals surface area contributed by atoms with E-state index in [0.717, 1.165) is 37.3 Å². The number of hydrazine groups is 1. The van der Waals surface area contributed by atoms with Crippen molar-refractivity contribution in [2.24, 2.45) is 0 Å². The van der Waals surface area contributed by atoms with Crippen molar-refractivity contribution in [2.75, 3.05) is 0 Å². The highest BCUT2D eigenvalue weighted by molar-refractivity contribution is 7.89. The number of sulfonamides is 1. The molecule has 1 aliphatic carbocycles. The van der Waals surface area contributed by atoms with E-state index in [4.69, 9.17) is 11.6 Å². The first-order valence-corrected chi connectivity index (χ1v) is 10.4. The van der Waals surface area contributed by atoms with Gasteiger partial charge in [-0.3, -0.25) is 10.2 Å². The first kappa shape index (κ1) is 18.3. The van der Waals surface area contributed by atoms with Crippen molar-refractivity contribution in [3.8, 4) is 0 Å². The Kier molecular flexibility index (Phi) is 5.43. The molecule has 0 radical (unpaired) electrons. The fourth-order valence-corrected chi connectivity index (χ4v) is 5.02. The number of hydrogen-bond acceptors (Lipinski definition) is 4. The predicted octanol–water partition coefficient (Wildman–Crippen LogP) is 3.43. The molecule has 134 valence electrons. The largest absolute Gasteiger partial charge is 0.276 e. The van der Waals surface area contributed by atoms with Crippen LogP contribution in [0.15, 0.2) is 29.2 Å². The maximum absolute atomic E-state index is 13.9. The Morgan fingerprint density at radius 3 is 2.76 bits per heavy atom. The van der Waals surface area contributed by atoms with Gasteiger partial charge >= 0.3 is 0 Å². The van der Waals surface area contributed by atoms with Crippen molar-refractivity contribution in [2.45, 2.75) is 37.0 Å². The zero-order valence-corrected chi connectivity index (χ0v) is 15.5. The number of aryl methyl sites for hydroxylation is 2. The number of thiophene rings is 1. The highest BCUT2D eigenvalue weighted by Crippen LogP contribution is 2.29. The summed E-state index contributed by atoms with van der Waals surface area (Å²) in [6, 6.07) is 5.43. The van der Waals surface area contributed by atoms with Crippen LogP contribution in [0, 0.1) is 5.82 Å². The summed E-state index contributed by atoms with van der Waals surface area (Å²) in [7, 11) is -4.26. The van der Waals surface area contributed by atoms with Crippen LogP contribution in [0.5, 0.6) is 0 Å². The molecule has 2 N–H and O–H groups in total. The topological polar surface area (TPSA) is 75.3 Å². The molecule has 0 bridgehead atoms. The van der Waals surface area contributed by atoms with Gasteiger partial charge in [0.25, 0.3) is 15.9 Å². The Morgan fingerprint density at radius 1 is 1.20 bits per heavy atom. The van der Waals surface area contributed by atoms with Crippen molar-refractivity contribution < 1.29 is 17.6 Å². The molecule has 25 heavy (non-hydrogen) atoms. The lowest BCUT2D eigenvalue weighted by molar-refractivity contribution is 0.0949. The molecule has 3 rings (SSSR count). The van der Waals surface area contributed by atoms with Crippen LogP contribution in [0.2, 0.25) is 5.02 Å². The first-order chi connectivity index (χ1) is 11.9. The number of hydrogen-bond donors (Lipinski definition) is 2. The van der Waals surface area contributed by atoms with Gasteiger partial charge in [0.1, 0.15) is 4.90 Å². The molecular weight excluding hydrogens is 387 g/mol. The number of halogens is 2. The molecule has 1 aliphatic rings. The Labute approximate surface area is 154 Å². The Balaban J connectivity index is 1.72. The Hall–Kier alpha value is -1.48. The third-order valence-corrected chi connectivity index (χ3v) is 6.77. The molecule has 0 saturated carbocycles. The lowest BCUT2D eigenvalue weighted by Gasteiger charge is -2.09. The average Bonchev–Trinajstić information content (AvgIpc) is 2.86. The normalized spacial score (nSPS) is 14.6. The minimum absolute atomic E-state index is 0.309.